The standard InChI is InChI=1S/C9H15NOS/c1-8-9(3-6-12-8)7-10-4-5-11-2/h3,6,10H,4-5,7H2,1-2H3. The van der Waals surface area contributed by atoms with Crippen LogP contribution < -0.4 is 5.32 Å². The highest BCUT2D eigenvalue weighted by Gasteiger charge is 1.97. The van der Waals surface area contributed by atoms with Crippen LogP contribution in [0, 0.1) is 6.92 Å². The van der Waals surface area contributed by atoms with Crippen LogP contribution in [0.1, 0.15) is 10.4 Å². The number of nitrogens with one attached hydrogen (secondary N) is 1. The molecule has 1 rings (SSSR count). The quantitative estimate of drug-likeness (QED) is 0.706. The van der Waals surface area contributed by atoms with Gasteiger partial charge >= 0.3 is 0 Å². The molecule has 3 heteroatoms. The van der Waals surface area contributed by atoms with E-state index < -0.39 is 0 Å². The minimum absolute atomic E-state index is 0.781. The molecule has 2 nitrogen and oxygen atoms in total. The number of methoxy groups -OCH3 is 1. The van der Waals surface area contributed by atoms with Gasteiger partial charge in [-0.05, 0) is 23.9 Å². The summed E-state index contributed by atoms with van der Waals surface area (Å²) < 4.78 is 4.93. The summed E-state index contributed by atoms with van der Waals surface area (Å²) in [5.74, 6) is 0. The zero-order valence-corrected chi connectivity index (χ0v) is 8.41. The van der Waals surface area contributed by atoms with Crippen LogP contribution in [0.2, 0.25) is 0 Å². The number of ether oxygens (including phenoxy) is 1. The lowest BCUT2D eigenvalue weighted by Crippen LogP contribution is -2.18. The van der Waals surface area contributed by atoms with Crippen molar-refractivity contribution in [1.29, 1.82) is 0 Å². The van der Waals surface area contributed by atoms with Crippen molar-refractivity contribution in [3.8, 4) is 0 Å². The van der Waals surface area contributed by atoms with Gasteiger partial charge in [0.25, 0.3) is 0 Å². The smallest absolute Gasteiger partial charge is 0.0587 e. The third-order valence-corrected chi connectivity index (χ3v) is 2.65. The van der Waals surface area contributed by atoms with Gasteiger partial charge in [0.2, 0.25) is 0 Å². The van der Waals surface area contributed by atoms with Crippen molar-refractivity contribution in [2.24, 2.45) is 0 Å². The van der Waals surface area contributed by atoms with Crippen molar-refractivity contribution in [3.05, 3.63) is 21.9 Å². The summed E-state index contributed by atoms with van der Waals surface area (Å²) in [7, 11) is 1.72. The van der Waals surface area contributed by atoms with Crippen LogP contribution in [0.3, 0.4) is 0 Å². The van der Waals surface area contributed by atoms with Gasteiger partial charge < -0.3 is 10.1 Å². The van der Waals surface area contributed by atoms with Crippen LogP contribution >= 0.6 is 11.3 Å². The van der Waals surface area contributed by atoms with Gasteiger partial charge in [0.1, 0.15) is 0 Å². The van der Waals surface area contributed by atoms with Gasteiger partial charge in [0.15, 0.2) is 0 Å². The lowest BCUT2D eigenvalue weighted by molar-refractivity contribution is 0.199. The van der Waals surface area contributed by atoms with E-state index in [-0.39, 0.29) is 0 Å². The van der Waals surface area contributed by atoms with Gasteiger partial charge in [-0.2, -0.15) is 0 Å². The van der Waals surface area contributed by atoms with Crippen LogP contribution in [0.15, 0.2) is 11.4 Å². The number of rotatable bonds is 5. The summed E-state index contributed by atoms with van der Waals surface area (Å²) in [6, 6.07) is 2.17. The molecule has 0 unspecified atom stereocenters. The summed E-state index contributed by atoms with van der Waals surface area (Å²) in [4.78, 5) is 1.40. The van der Waals surface area contributed by atoms with Crippen molar-refractivity contribution in [3.63, 3.8) is 0 Å². The van der Waals surface area contributed by atoms with E-state index in [0.29, 0.717) is 0 Å². The average molecular weight is 185 g/mol. The van der Waals surface area contributed by atoms with Crippen LogP contribution in [-0.4, -0.2) is 20.3 Å². The molecular weight excluding hydrogens is 170 g/mol. The summed E-state index contributed by atoms with van der Waals surface area (Å²) in [5, 5.41) is 5.44. The molecular formula is C9H15NOS. The molecule has 0 aromatic carbocycles. The Kier molecular flexibility index (Phi) is 4.29. The Morgan fingerprint density at radius 1 is 1.58 bits per heavy atom. The van der Waals surface area contributed by atoms with Crippen molar-refractivity contribution >= 4 is 11.3 Å². The van der Waals surface area contributed by atoms with Gasteiger partial charge in [-0.1, -0.05) is 0 Å². The topological polar surface area (TPSA) is 21.3 Å². The lowest BCUT2D eigenvalue weighted by atomic mass is 10.3. The number of hydrogen-bond acceptors (Lipinski definition) is 3. The molecule has 0 saturated heterocycles. The fourth-order valence-corrected chi connectivity index (χ4v) is 1.72. The Morgan fingerprint density at radius 3 is 3.00 bits per heavy atom. The molecule has 0 saturated carbocycles. The van der Waals surface area contributed by atoms with Crippen molar-refractivity contribution in [2.45, 2.75) is 13.5 Å². The van der Waals surface area contributed by atoms with E-state index in [1.165, 1.54) is 10.4 Å². The molecule has 0 bridgehead atoms. The molecule has 0 fully saturated rings. The van der Waals surface area contributed by atoms with E-state index in [4.69, 9.17) is 4.74 Å². The highest BCUT2D eigenvalue weighted by molar-refractivity contribution is 7.10. The molecule has 1 aromatic rings. The van der Waals surface area contributed by atoms with E-state index in [2.05, 4.69) is 23.7 Å². The highest BCUT2D eigenvalue weighted by Crippen LogP contribution is 2.14. The lowest BCUT2D eigenvalue weighted by Gasteiger charge is -2.02. The molecule has 0 amide bonds. The maximum Gasteiger partial charge on any atom is 0.0587 e. The Labute approximate surface area is 77.6 Å². The zero-order valence-electron chi connectivity index (χ0n) is 7.59. The fraction of sp³-hybridized carbons (Fsp3) is 0.556. The van der Waals surface area contributed by atoms with Crippen LogP contribution in [0.25, 0.3) is 0 Å². The second kappa shape index (κ2) is 5.30. The number of thiophene rings is 1. The Balaban J connectivity index is 2.20. The molecule has 1 heterocycles. The molecule has 0 aliphatic carbocycles. The minimum atomic E-state index is 0.781. The predicted octanol–water partition coefficient (Wildman–Crippen LogP) is 1.79. The molecule has 0 spiro atoms. The monoisotopic (exact) mass is 185 g/mol. The van der Waals surface area contributed by atoms with Crippen LogP contribution in [-0.2, 0) is 11.3 Å². The van der Waals surface area contributed by atoms with E-state index in [0.717, 1.165) is 19.7 Å². The highest BCUT2D eigenvalue weighted by atomic mass is 32.1. The normalized spacial score (nSPS) is 10.5. The first-order valence-corrected chi connectivity index (χ1v) is 4.95. The summed E-state index contributed by atoms with van der Waals surface area (Å²) >= 11 is 1.80. The number of aryl methyl sites for hydroxylation is 1. The largest absolute Gasteiger partial charge is 0.383 e. The first-order valence-electron chi connectivity index (χ1n) is 4.07. The minimum Gasteiger partial charge on any atom is -0.383 e. The fourth-order valence-electron chi connectivity index (χ4n) is 0.992. The molecule has 0 radical (unpaired) electrons. The van der Waals surface area contributed by atoms with Crippen LogP contribution in [0.4, 0.5) is 0 Å². The van der Waals surface area contributed by atoms with Crippen molar-refractivity contribution in [1.82, 2.24) is 5.32 Å². The molecule has 68 valence electrons. The molecule has 0 aliphatic heterocycles. The Hall–Kier alpha value is -0.380. The molecule has 0 aliphatic rings. The third-order valence-electron chi connectivity index (χ3n) is 1.76. The Morgan fingerprint density at radius 2 is 2.42 bits per heavy atom. The van der Waals surface area contributed by atoms with E-state index in [1.807, 2.05) is 0 Å². The van der Waals surface area contributed by atoms with Crippen LogP contribution in [0.5, 0.6) is 0 Å². The summed E-state index contributed by atoms with van der Waals surface area (Å²) in [5.41, 5.74) is 1.40. The third kappa shape index (κ3) is 2.93. The Bertz CT molecular complexity index is 222. The van der Waals surface area contributed by atoms with E-state index in [1.54, 1.807) is 18.4 Å². The molecule has 1 N–H and O–H groups in total. The van der Waals surface area contributed by atoms with Gasteiger partial charge in [-0.15, -0.1) is 11.3 Å². The van der Waals surface area contributed by atoms with Gasteiger partial charge in [0, 0.05) is 25.1 Å². The SMILES string of the molecule is COCCNCc1ccsc1C. The molecule has 12 heavy (non-hydrogen) atoms. The zero-order chi connectivity index (χ0) is 8.81. The van der Waals surface area contributed by atoms with Gasteiger partial charge in [-0.3, -0.25) is 0 Å². The predicted molar refractivity (Wildman–Crippen MR) is 52.6 cm³/mol. The molecule has 1 aromatic heterocycles. The van der Waals surface area contributed by atoms with E-state index >= 15 is 0 Å². The first-order chi connectivity index (χ1) is 5.84. The van der Waals surface area contributed by atoms with Gasteiger partial charge in [0.05, 0.1) is 6.61 Å². The van der Waals surface area contributed by atoms with Crippen molar-refractivity contribution in [2.75, 3.05) is 20.3 Å². The second-order valence-electron chi connectivity index (χ2n) is 2.67. The number of hydrogen-bond donors (Lipinski definition) is 1. The average Bonchev–Trinajstić information content (AvgIpc) is 2.46. The van der Waals surface area contributed by atoms with Crippen molar-refractivity contribution < 1.29 is 4.74 Å². The maximum absolute atomic E-state index is 4.93. The molecule has 0 atom stereocenters. The first kappa shape index (κ1) is 9.71. The maximum atomic E-state index is 4.93. The van der Waals surface area contributed by atoms with E-state index in [9.17, 15) is 0 Å². The second-order valence-corrected chi connectivity index (χ2v) is 3.79. The summed E-state index contributed by atoms with van der Waals surface area (Å²) in [6.45, 7) is 4.81. The van der Waals surface area contributed by atoms with Gasteiger partial charge in [-0.25, -0.2) is 0 Å². The summed E-state index contributed by atoms with van der Waals surface area (Å²) in [6.07, 6.45) is 0.